The van der Waals surface area contributed by atoms with Crippen LogP contribution in [0.2, 0.25) is 0 Å². The number of hydrogen-bond donors (Lipinski definition) is 0. The van der Waals surface area contributed by atoms with Crippen LogP contribution in [0.1, 0.15) is 19.5 Å². The maximum atomic E-state index is 5.45. The van der Waals surface area contributed by atoms with E-state index in [0.29, 0.717) is 19.1 Å². The molecule has 0 amide bonds. The summed E-state index contributed by atoms with van der Waals surface area (Å²) in [5, 5.41) is 7.73. The van der Waals surface area contributed by atoms with Gasteiger partial charge in [-0.15, -0.1) is 5.10 Å². The zero-order chi connectivity index (χ0) is 12.0. The van der Waals surface area contributed by atoms with Gasteiger partial charge in [-0.3, -0.25) is 9.05 Å². The average Bonchev–Trinajstić information content (AvgIpc) is 2.22. The van der Waals surface area contributed by atoms with E-state index in [-0.39, 0.29) is 0 Å². The molecule has 0 aliphatic carbocycles. The molecule has 0 N–H and O–H groups in total. The summed E-state index contributed by atoms with van der Waals surface area (Å²) in [6.07, 6.45) is 0. The van der Waals surface area contributed by atoms with Crippen LogP contribution in [-0.4, -0.2) is 23.4 Å². The summed E-state index contributed by atoms with van der Waals surface area (Å²) in [6.45, 7) is 3.68. The summed E-state index contributed by atoms with van der Waals surface area (Å²) in [5.74, 6) is 0.329. The summed E-state index contributed by atoms with van der Waals surface area (Å²) in [5.41, 5.74) is 0.813. The monoisotopic (exact) mass is 262 g/mol. The van der Waals surface area contributed by atoms with E-state index in [2.05, 4.69) is 10.2 Å². The van der Waals surface area contributed by atoms with Gasteiger partial charge in [-0.25, -0.2) is 0 Å². The molecule has 0 bridgehead atoms. The smallest absolute Gasteiger partial charge is 0.381 e. The molecule has 1 aromatic heterocycles. The van der Waals surface area contributed by atoms with Crippen LogP contribution in [-0.2, 0) is 20.9 Å². The molecule has 0 radical (unpaired) electrons. The van der Waals surface area contributed by atoms with Gasteiger partial charge < -0.3 is 4.52 Å². The molecule has 7 heteroatoms. The van der Waals surface area contributed by atoms with Crippen molar-refractivity contribution in [2.45, 2.75) is 20.8 Å². The van der Waals surface area contributed by atoms with E-state index < -0.39 is 6.72 Å². The Morgan fingerprint density at radius 1 is 1.19 bits per heavy atom. The number of aryl methyl sites for hydroxylation is 1. The van der Waals surface area contributed by atoms with E-state index >= 15 is 0 Å². The largest absolute Gasteiger partial charge is 0.404 e. The summed E-state index contributed by atoms with van der Waals surface area (Å²) in [7, 11) is 0. The molecule has 0 spiro atoms. The second kappa shape index (κ2) is 6.25. The maximum Gasteiger partial charge on any atom is 0.381 e. The van der Waals surface area contributed by atoms with Gasteiger partial charge in [0.1, 0.15) is 0 Å². The molecule has 1 aromatic rings. The van der Waals surface area contributed by atoms with Gasteiger partial charge in [0, 0.05) is 17.9 Å². The predicted molar refractivity (Wildman–Crippen MR) is 64.9 cm³/mol. The Morgan fingerprint density at radius 2 is 1.81 bits per heavy atom. The van der Waals surface area contributed by atoms with E-state index in [9.17, 15) is 0 Å². The normalized spacial score (nSPS) is 11.4. The van der Waals surface area contributed by atoms with E-state index in [0.717, 1.165) is 5.69 Å². The minimum absolute atomic E-state index is 0.329. The van der Waals surface area contributed by atoms with Crippen LogP contribution in [0.4, 0.5) is 0 Å². The maximum absolute atomic E-state index is 5.45. The van der Waals surface area contributed by atoms with E-state index in [4.69, 9.17) is 25.4 Å². The van der Waals surface area contributed by atoms with E-state index in [1.165, 1.54) is 0 Å². The lowest BCUT2D eigenvalue weighted by Gasteiger charge is -2.19. The molecule has 5 nitrogen and oxygen atoms in total. The van der Waals surface area contributed by atoms with Crippen molar-refractivity contribution in [3.8, 4) is 5.88 Å². The zero-order valence-corrected chi connectivity index (χ0v) is 11.3. The fourth-order valence-corrected chi connectivity index (χ4v) is 2.96. The minimum atomic E-state index is -2.73. The summed E-state index contributed by atoms with van der Waals surface area (Å²) in [6, 6.07) is 3.49. The number of aromatic nitrogens is 2. The Balaban J connectivity index is 2.75. The lowest BCUT2D eigenvalue weighted by atomic mass is 10.4. The second-order valence-electron chi connectivity index (χ2n) is 2.89. The molecule has 0 aliphatic heterocycles. The third kappa shape index (κ3) is 4.14. The Morgan fingerprint density at radius 3 is 2.25 bits per heavy atom. The van der Waals surface area contributed by atoms with Gasteiger partial charge in [0.2, 0.25) is 5.88 Å². The SMILES string of the molecule is CCOP(=S)(OCC)Oc1ccc(C)nn1. The molecule has 1 rings (SSSR count). The van der Waals surface area contributed by atoms with Crippen molar-refractivity contribution in [3.63, 3.8) is 0 Å². The summed E-state index contributed by atoms with van der Waals surface area (Å²) in [4.78, 5) is 0. The molecule has 0 aliphatic rings. The highest BCUT2D eigenvalue weighted by Gasteiger charge is 2.21. The fourth-order valence-electron chi connectivity index (χ4n) is 0.956. The molecule has 0 saturated carbocycles. The molecular weight excluding hydrogens is 247 g/mol. The van der Waals surface area contributed by atoms with Gasteiger partial charge in [0.25, 0.3) is 0 Å². The first kappa shape index (κ1) is 13.5. The highest BCUT2D eigenvalue weighted by atomic mass is 32.5. The first-order valence-electron chi connectivity index (χ1n) is 4.98. The Kier molecular flexibility index (Phi) is 5.28. The summed E-state index contributed by atoms with van der Waals surface area (Å²) >= 11 is 5.19. The first-order chi connectivity index (χ1) is 7.59. The highest BCUT2D eigenvalue weighted by Crippen LogP contribution is 2.48. The summed E-state index contributed by atoms with van der Waals surface area (Å²) < 4.78 is 16.1. The molecule has 0 unspecified atom stereocenters. The highest BCUT2D eigenvalue weighted by molar-refractivity contribution is 8.07. The van der Waals surface area contributed by atoms with Crippen LogP contribution in [0.5, 0.6) is 5.88 Å². The third-order valence-corrected chi connectivity index (χ3v) is 3.97. The molecule has 16 heavy (non-hydrogen) atoms. The van der Waals surface area contributed by atoms with Crippen molar-refractivity contribution >= 4 is 18.5 Å². The number of rotatable bonds is 6. The van der Waals surface area contributed by atoms with Crippen LogP contribution in [0.15, 0.2) is 12.1 Å². The van der Waals surface area contributed by atoms with Crippen molar-refractivity contribution in [2.24, 2.45) is 0 Å². The topological polar surface area (TPSA) is 53.5 Å². The van der Waals surface area contributed by atoms with Crippen LogP contribution in [0.3, 0.4) is 0 Å². The van der Waals surface area contributed by atoms with Gasteiger partial charge in [0.15, 0.2) is 0 Å². The van der Waals surface area contributed by atoms with E-state index in [1.807, 2.05) is 20.8 Å². The van der Waals surface area contributed by atoms with Gasteiger partial charge in [0.05, 0.1) is 18.9 Å². The number of hydrogen-bond acceptors (Lipinski definition) is 6. The second-order valence-corrected chi connectivity index (χ2v) is 5.82. The van der Waals surface area contributed by atoms with Gasteiger partial charge in [-0.2, -0.15) is 5.10 Å². The van der Waals surface area contributed by atoms with Gasteiger partial charge in [-0.05, 0) is 26.8 Å². The fraction of sp³-hybridized carbons (Fsp3) is 0.556. The molecule has 0 saturated heterocycles. The van der Waals surface area contributed by atoms with Crippen molar-refractivity contribution in [3.05, 3.63) is 17.8 Å². The quantitative estimate of drug-likeness (QED) is 0.734. The van der Waals surface area contributed by atoms with Crippen LogP contribution in [0.25, 0.3) is 0 Å². The van der Waals surface area contributed by atoms with Crippen molar-refractivity contribution < 1.29 is 13.6 Å². The van der Waals surface area contributed by atoms with Crippen molar-refractivity contribution in [2.75, 3.05) is 13.2 Å². The average molecular weight is 262 g/mol. The molecular formula is C9H15N2O3PS. The molecule has 0 aromatic carbocycles. The van der Waals surface area contributed by atoms with Crippen molar-refractivity contribution in [1.82, 2.24) is 10.2 Å². The van der Waals surface area contributed by atoms with Crippen molar-refractivity contribution in [1.29, 1.82) is 0 Å². The van der Waals surface area contributed by atoms with Crippen LogP contribution < -0.4 is 4.52 Å². The lowest BCUT2D eigenvalue weighted by Crippen LogP contribution is -2.03. The molecule has 1 heterocycles. The van der Waals surface area contributed by atoms with Crippen LogP contribution in [0, 0.1) is 6.92 Å². The number of nitrogens with zero attached hydrogens (tertiary/aromatic N) is 2. The third-order valence-electron chi connectivity index (χ3n) is 1.55. The van der Waals surface area contributed by atoms with Gasteiger partial charge in [-0.1, -0.05) is 0 Å². The van der Waals surface area contributed by atoms with E-state index in [1.54, 1.807) is 12.1 Å². The Hall–Kier alpha value is -0.550. The zero-order valence-electron chi connectivity index (χ0n) is 9.54. The van der Waals surface area contributed by atoms with Gasteiger partial charge >= 0.3 is 6.72 Å². The molecule has 0 fully saturated rings. The molecule has 0 atom stereocenters. The van der Waals surface area contributed by atoms with Crippen LogP contribution >= 0.6 is 6.72 Å². The standard InChI is InChI=1S/C9H15N2O3PS/c1-4-12-15(16,13-5-2)14-9-7-6-8(3)10-11-9/h6-7H,4-5H2,1-3H3. The Bertz CT molecular complexity index is 362. The Labute approximate surface area is 100 Å². The predicted octanol–water partition coefficient (Wildman–Crippen LogP) is 2.46. The minimum Gasteiger partial charge on any atom is -0.404 e. The first-order valence-corrected chi connectivity index (χ1v) is 7.54. The lowest BCUT2D eigenvalue weighted by molar-refractivity contribution is 0.215. The molecule has 90 valence electrons.